The van der Waals surface area contributed by atoms with Crippen molar-refractivity contribution >= 4 is 40.5 Å². The average molecular weight is 381 g/mol. The highest BCUT2D eigenvalue weighted by Gasteiger charge is 2.16. The molecule has 0 saturated carbocycles. The molecule has 2 N–H and O–H groups in total. The molecule has 2 heterocycles. The van der Waals surface area contributed by atoms with E-state index in [-0.39, 0.29) is 12.3 Å². The zero-order valence-corrected chi connectivity index (χ0v) is 15.5. The molecule has 9 heteroatoms. The van der Waals surface area contributed by atoms with E-state index in [9.17, 15) is 14.4 Å². The Balaban J connectivity index is 1.75. The summed E-state index contributed by atoms with van der Waals surface area (Å²) in [5.74, 6) is -1.35. The molecular formula is C16H19N3O4S2. The molecule has 0 bridgehead atoms. The third-order valence-electron chi connectivity index (χ3n) is 3.13. The van der Waals surface area contributed by atoms with Gasteiger partial charge >= 0.3 is 5.97 Å². The highest BCUT2D eigenvalue weighted by atomic mass is 32.1. The molecular weight excluding hydrogens is 362 g/mol. The summed E-state index contributed by atoms with van der Waals surface area (Å²) in [5.41, 5.74) is 1.63. The van der Waals surface area contributed by atoms with E-state index in [4.69, 9.17) is 4.74 Å². The van der Waals surface area contributed by atoms with E-state index in [1.165, 1.54) is 11.3 Å². The number of nitrogens with one attached hydrogen (secondary N) is 2. The molecule has 7 nitrogen and oxygen atoms in total. The zero-order valence-electron chi connectivity index (χ0n) is 13.9. The highest BCUT2D eigenvalue weighted by molar-refractivity contribution is 7.14. The SMILES string of the molecule is CCNC(=O)[C@H](C)NC(=O)COC(=O)Cc1csc(-c2ccsc2)n1. The van der Waals surface area contributed by atoms with E-state index in [0.717, 1.165) is 10.6 Å². The van der Waals surface area contributed by atoms with Crippen molar-refractivity contribution in [3.05, 3.63) is 27.9 Å². The van der Waals surface area contributed by atoms with Crippen molar-refractivity contribution in [3.8, 4) is 10.6 Å². The first-order valence-corrected chi connectivity index (χ1v) is 9.51. The fraction of sp³-hybridized carbons (Fsp3) is 0.375. The maximum atomic E-state index is 11.8. The summed E-state index contributed by atoms with van der Waals surface area (Å²) in [7, 11) is 0. The van der Waals surface area contributed by atoms with E-state index in [2.05, 4.69) is 15.6 Å². The average Bonchev–Trinajstić information content (AvgIpc) is 3.24. The third kappa shape index (κ3) is 5.95. The Hall–Kier alpha value is -2.26. The first-order valence-electron chi connectivity index (χ1n) is 7.69. The standard InChI is InChI=1S/C16H19N3O4S2/c1-3-17-15(22)10(2)18-13(20)7-23-14(21)6-12-9-25-16(19-12)11-4-5-24-8-11/h4-5,8-10H,3,6-7H2,1-2H3,(H,17,22)(H,18,20)/t10-/m0/s1. The summed E-state index contributed by atoms with van der Waals surface area (Å²) in [4.78, 5) is 39.4. The number of nitrogens with zero attached hydrogens (tertiary/aromatic N) is 1. The van der Waals surface area contributed by atoms with Gasteiger partial charge < -0.3 is 15.4 Å². The number of hydrogen-bond donors (Lipinski definition) is 2. The Morgan fingerprint density at radius 1 is 1.32 bits per heavy atom. The van der Waals surface area contributed by atoms with Crippen LogP contribution < -0.4 is 10.6 Å². The number of aromatic nitrogens is 1. The summed E-state index contributed by atoms with van der Waals surface area (Å²) >= 11 is 3.03. The molecule has 25 heavy (non-hydrogen) atoms. The second-order valence-corrected chi connectivity index (χ2v) is 6.82. The number of thiazole rings is 1. The van der Waals surface area contributed by atoms with Gasteiger partial charge in [-0.2, -0.15) is 11.3 Å². The van der Waals surface area contributed by atoms with Crippen LogP contribution in [0.3, 0.4) is 0 Å². The van der Waals surface area contributed by atoms with Crippen molar-refractivity contribution in [1.82, 2.24) is 15.6 Å². The van der Waals surface area contributed by atoms with Crippen molar-refractivity contribution in [2.45, 2.75) is 26.3 Å². The summed E-state index contributed by atoms with van der Waals surface area (Å²) in [6.07, 6.45) is -0.000207. The van der Waals surface area contributed by atoms with Crippen LogP contribution in [0.1, 0.15) is 19.5 Å². The van der Waals surface area contributed by atoms with Crippen LogP contribution in [0, 0.1) is 0 Å². The molecule has 2 aromatic rings. The van der Waals surface area contributed by atoms with Crippen molar-refractivity contribution in [1.29, 1.82) is 0 Å². The molecule has 0 aromatic carbocycles. The van der Waals surface area contributed by atoms with E-state index in [1.807, 2.05) is 16.8 Å². The Morgan fingerprint density at radius 2 is 2.12 bits per heavy atom. The Bertz CT molecular complexity index is 728. The summed E-state index contributed by atoms with van der Waals surface area (Å²) in [5, 5.41) is 11.7. The van der Waals surface area contributed by atoms with E-state index in [0.29, 0.717) is 12.2 Å². The minimum atomic E-state index is -0.683. The van der Waals surface area contributed by atoms with Gasteiger partial charge in [0, 0.05) is 22.9 Å². The van der Waals surface area contributed by atoms with Gasteiger partial charge in [-0.25, -0.2) is 4.98 Å². The predicted octanol–water partition coefficient (Wildman–Crippen LogP) is 1.60. The highest BCUT2D eigenvalue weighted by Crippen LogP contribution is 2.25. The lowest BCUT2D eigenvalue weighted by Gasteiger charge is -2.13. The van der Waals surface area contributed by atoms with Gasteiger partial charge in [-0.15, -0.1) is 11.3 Å². The molecule has 2 rings (SSSR count). The molecule has 0 spiro atoms. The van der Waals surface area contributed by atoms with Crippen molar-refractivity contribution in [3.63, 3.8) is 0 Å². The van der Waals surface area contributed by atoms with Crippen LogP contribution in [0.4, 0.5) is 0 Å². The Labute approximate surface area is 153 Å². The van der Waals surface area contributed by atoms with Crippen LogP contribution in [-0.4, -0.2) is 42.0 Å². The number of amides is 2. The smallest absolute Gasteiger partial charge is 0.312 e. The minimum Gasteiger partial charge on any atom is -0.455 e. The maximum Gasteiger partial charge on any atom is 0.312 e. The van der Waals surface area contributed by atoms with Crippen LogP contribution >= 0.6 is 22.7 Å². The second-order valence-electron chi connectivity index (χ2n) is 5.18. The largest absolute Gasteiger partial charge is 0.455 e. The van der Waals surface area contributed by atoms with Crippen LogP contribution in [0.25, 0.3) is 10.6 Å². The van der Waals surface area contributed by atoms with Gasteiger partial charge in [-0.1, -0.05) is 0 Å². The monoisotopic (exact) mass is 381 g/mol. The number of hydrogen-bond acceptors (Lipinski definition) is 7. The van der Waals surface area contributed by atoms with E-state index >= 15 is 0 Å². The number of carbonyl (C=O) groups is 3. The fourth-order valence-corrected chi connectivity index (χ4v) is 3.46. The minimum absolute atomic E-state index is 0.000207. The summed E-state index contributed by atoms with van der Waals surface area (Å²) < 4.78 is 4.93. The molecule has 2 amide bonds. The molecule has 0 aliphatic rings. The topological polar surface area (TPSA) is 97.4 Å². The molecule has 0 aliphatic carbocycles. The molecule has 134 valence electrons. The summed E-state index contributed by atoms with van der Waals surface area (Å²) in [6, 6.07) is 1.28. The lowest BCUT2D eigenvalue weighted by Crippen LogP contribution is -2.46. The van der Waals surface area contributed by atoms with E-state index in [1.54, 1.807) is 30.6 Å². The second kappa shape index (κ2) is 9.28. The van der Waals surface area contributed by atoms with Gasteiger partial charge in [-0.05, 0) is 25.3 Å². The van der Waals surface area contributed by atoms with Crippen molar-refractivity contribution in [2.24, 2.45) is 0 Å². The number of likely N-dealkylation sites (N-methyl/N-ethyl adjacent to an activating group) is 1. The van der Waals surface area contributed by atoms with Crippen molar-refractivity contribution in [2.75, 3.05) is 13.2 Å². The van der Waals surface area contributed by atoms with Crippen molar-refractivity contribution < 1.29 is 19.1 Å². The van der Waals surface area contributed by atoms with Gasteiger partial charge in [0.05, 0.1) is 12.1 Å². The number of carbonyl (C=O) groups excluding carboxylic acids is 3. The Morgan fingerprint density at radius 3 is 2.80 bits per heavy atom. The van der Waals surface area contributed by atoms with Gasteiger partial charge in [-0.3, -0.25) is 14.4 Å². The molecule has 2 aromatic heterocycles. The quantitative estimate of drug-likeness (QED) is 0.677. The van der Waals surface area contributed by atoms with Gasteiger partial charge in [0.2, 0.25) is 5.91 Å². The maximum absolute atomic E-state index is 11.8. The van der Waals surface area contributed by atoms with Crippen LogP contribution in [-0.2, 0) is 25.5 Å². The number of esters is 1. The van der Waals surface area contributed by atoms with Crippen LogP contribution in [0.15, 0.2) is 22.2 Å². The summed E-state index contributed by atoms with van der Waals surface area (Å²) in [6.45, 7) is 3.40. The van der Waals surface area contributed by atoms with Crippen LogP contribution in [0.2, 0.25) is 0 Å². The molecule has 0 fully saturated rings. The number of rotatable bonds is 8. The normalized spacial score (nSPS) is 11.6. The Kier molecular flexibility index (Phi) is 7.08. The predicted molar refractivity (Wildman–Crippen MR) is 96.4 cm³/mol. The molecule has 0 unspecified atom stereocenters. The lowest BCUT2D eigenvalue weighted by molar-refractivity contribution is -0.148. The van der Waals surface area contributed by atoms with Crippen LogP contribution in [0.5, 0.6) is 0 Å². The van der Waals surface area contributed by atoms with Gasteiger partial charge in [0.1, 0.15) is 11.0 Å². The first-order chi connectivity index (χ1) is 12.0. The van der Waals surface area contributed by atoms with Gasteiger partial charge in [0.15, 0.2) is 6.61 Å². The third-order valence-corrected chi connectivity index (χ3v) is 4.75. The number of thiophene rings is 1. The molecule has 0 aliphatic heterocycles. The fourth-order valence-electron chi connectivity index (χ4n) is 1.93. The number of ether oxygens (including phenoxy) is 1. The lowest BCUT2D eigenvalue weighted by atomic mass is 10.3. The molecule has 0 saturated heterocycles. The van der Waals surface area contributed by atoms with Gasteiger partial charge in [0.25, 0.3) is 5.91 Å². The zero-order chi connectivity index (χ0) is 18.2. The molecule has 1 atom stereocenters. The van der Waals surface area contributed by atoms with E-state index < -0.39 is 24.5 Å². The first kappa shape index (κ1) is 19.1. The molecule has 0 radical (unpaired) electrons.